The van der Waals surface area contributed by atoms with E-state index in [0.717, 1.165) is 22.2 Å². The molecule has 0 fully saturated rings. The Morgan fingerprint density at radius 1 is 0.971 bits per heavy atom. The van der Waals surface area contributed by atoms with Gasteiger partial charge in [-0.05, 0) is 48.7 Å². The van der Waals surface area contributed by atoms with E-state index in [1.807, 2.05) is 37.3 Å². The molecule has 0 radical (unpaired) electrons. The molecule has 0 amide bonds. The Bertz CT molecular complexity index is 1560. The summed E-state index contributed by atoms with van der Waals surface area (Å²) in [5.74, 6) is -0.362. The van der Waals surface area contributed by atoms with Gasteiger partial charge in [0.15, 0.2) is 0 Å². The van der Waals surface area contributed by atoms with Gasteiger partial charge in [-0.2, -0.15) is 0 Å². The molecule has 1 atom stereocenters. The van der Waals surface area contributed by atoms with E-state index in [1.165, 1.54) is 0 Å². The molecule has 0 unspecified atom stereocenters. The summed E-state index contributed by atoms with van der Waals surface area (Å²) in [4.78, 5) is 38.4. The number of pyridine rings is 1. The highest BCUT2D eigenvalue weighted by Crippen LogP contribution is 2.37. The lowest BCUT2D eigenvalue weighted by Crippen LogP contribution is -2.33. The van der Waals surface area contributed by atoms with Gasteiger partial charge in [0.25, 0.3) is 5.56 Å². The second kappa shape index (κ2) is 8.06. The van der Waals surface area contributed by atoms with E-state index in [2.05, 4.69) is 0 Å². The number of rotatable bonds is 4. The second-order valence-corrected chi connectivity index (χ2v) is 8.82. The van der Waals surface area contributed by atoms with Crippen molar-refractivity contribution < 1.29 is 14.6 Å². The van der Waals surface area contributed by atoms with Crippen molar-refractivity contribution in [1.82, 2.24) is 13.7 Å². The Kier molecular flexibility index (Phi) is 5.16. The predicted molar refractivity (Wildman–Crippen MR) is 128 cm³/mol. The zero-order chi connectivity index (χ0) is 24.1. The number of fused-ring (bicyclic) bond motifs is 2. The van der Waals surface area contributed by atoms with Gasteiger partial charge in [-0.25, -0.2) is 4.79 Å². The molecule has 1 aliphatic rings. The Hall–Kier alpha value is -4.07. The molecule has 0 bridgehead atoms. The number of ether oxygens (including phenoxy) is 1. The van der Waals surface area contributed by atoms with Crippen LogP contribution in [0.15, 0.2) is 58.1 Å². The molecule has 2 aromatic heterocycles. The highest BCUT2D eigenvalue weighted by molar-refractivity contribution is 5.80. The predicted octanol–water partition coefficient (Wildman–Crippen LogP) is 2.74. The molecule has 8 nitrogen and oxygen atoms in total. The Morgan fingerprint density at radius 3 is 2.41 bits per heavy atom. The van der Waals surface area contributed by atoms with Gasteiger partial charge >= 0.3 is 11.7 Å². The highest BCUT2D eigenvalue weighted by atomic mass is 16.5. The first kappa shape index (κ1) is 21.8. The van der Waals surface area contributed by atoms with Gasteiger partial charge in [0.05, 0.1) is 23.0 Å². The number of carbonyl (C=O) groups excluding carboxylic acids is 1. The van der Waals surface area contributed by atoms with Crippen molar-refractivity contribution >= 4 is 17.0 Å². The molecule has 1 N–H and O–H groups in total. The minimum Gasteiger partial charge on any atom is -0.508 e. The van der Waals surface area contributed by atoms with Crippen molar-refractivity contribution in [3.63, 3.8) is 0 Å². The molecule has 174 valence electrons. The number of phenolic OH excluding ortho intramolecular Hbond substituents is 1. The van der Waals surface area contributed by atoms with Gasteiger partial charge in [-0.3, -0.25) is 18.7 Å². The maximum absolute atomic E-state index is 13.7. The van der Waals surface area contributed by atoms with Crippen LogP contribution in [0, 0.1) is 6.92 Å². The Morgan fingerprint density at radius 2 is 1.68 bits per heavy atom. The average Bonchev–Trinajstić information content (AvgIpc) is 3.03. The molecule has 0 spiro atoms. The number of aromatic hydroxyl groups is 1. The van der Waals surface area contributed by atoms with Crippen LogP contribution in [0.1, 0.15) is 34.7 Å². The molecule has 2 aromatic carbocycles. The molecular formula is C26H25N3O5. The fourth-order valence-corrected chi connectivity index (χ4v) is 4.80. The summed E-state index contributed by atoms with van der Waals surface area (Å²) in [6.07, 6.45) is 0.665. The second-order valence-electron chi connectivity index (χ2n) is 8.82. The molecule has 0 aliphatic carbocycles. The topological polar surface area (TPSA) is 95.5 Å². The monoisotopic (exact) mass is 459 g/mol. The van der Waals surface area contributed by atoms with E-state index in [0.29, 0.717) is 30.0 Å². The quantitative estimate of drug-likeness (QED) is 0.474. The van der Waals surface area contributed by atoms with E-state index in [1.54, 1.807) is 46.0 Å². The number of benzene rings is 2. The van der Waals surface area contributed by atoms with E-state index in [4.69, 9.17) is 4.74 Å². The molecule has 0 saturated carbocycles. The van der Waals surface area contributed by atoms with Crippen LogP contribution < -0.4 is 16.0 Å². The summed E-state index contributed by atoms with van der Waals surface area (Å²) < 4.78 is 10.3. The first-order valence-electron chi connectivity index (χ1n) is 11.1. The van der Waals surface area contributed by atoms with Gasteiger partial charge in [0, 0.05) is 38.3 Å². The Labute approximate surface area is 195 Å². The molecular weight excluding hydrogens is 434 g/mol. The lowest BCUT2D eigenvalue weighted by atomic mass is 9.86. The summed E-state index contributed by atoms with van der Waals surface area (Å²) in [6, 6.07) is 14.3. The lowest BCUT2D eigenvalue weighted by Gasteiger charge is -2.26. The molecule has 4 aromatic rings. The number of phenols is 1. The van der Waals surface area contributed by atoms with Crippen LogP contribution in [0.2, 0.25) is 0 Å². The number of nitrogens with zero attached hydrogens (tertiary/aromatic N) is 3. The minimum atomic E-state index is -0.469. The molecule has 3 heterocycles. The van der Waals surface area contributed by atoms with E-state index in [-0.39, 0.29) is 29.4 Å². The van der Waals surface area contributed by atoms with Crippen molar-refractivity contribution in [1.29, 1.82) is 0 Å². The van der Waals surface area contributed by atoms with E-state index < -0.39 is 5.92 Å². The van der Waals surface area contributed by atoms with Crippen LogP contribution in [0.4, 0.5) is 0 Å². The van der Waals surface area contributed by atoms with Crippen molar-refractivity contribution in [3.8, 4) is 11.5 Å². The van der Waals surface area contributed by atoms with E-state index >= 15 is 0 Å². The van der Waals surface area contributed by atoms with Gasteiger partial charge in [0.2, 0.25) is 0 Å². The summed E-state index contributed by atoms with van der Waals surface area (Å²) in [5.41, 5.74) is 4.15. The normalized spacial score (nSPS) is 15.4. The summed E-state index contributed by atoms with van der Waals surface area (Å²) in [6.45, 7) is 2.28. The number of aromatic nitrogens is 3. The molecule has 34 heavy (non-hydrogen) atoms. The number of hydrogen-bond donors (Lipinski definition) is 1. The fraction of sp³-hybridized carbons (Fsp3) is 0.269. The third-order valence-electron chi connectivity index (χ3n) is 6.71. The maximum Gasteiger partial charge on any atom is 0.328 e. The summed E-state index contributed by atoms with van der Waals surface area (Å²) in [7, 11) is 3.42. The maximum atomic E-state index is 13.7. The van der Waals surface area contributed by atoms with Crippen LogP contribution in [0.5, 0.6) is 11.5 Å². The molecule has 8 heteroatoms. The standard InChI is InChI=1S/C26H25N3O5/c1-15-12-22-24(25(32)29(15)11-10-16-4-7-18(30)8-5-16)19(14-23(31)34-22)17-6-9-20-21(13-17)28(3)26(33)27(20)2/h4-9,12-13,19,30H,10-11,14H2,1-3H3/t19-/m1/s1. The zero-order valence-electron chi connectivity index (χ0n) is 19.2. The molecule has 1 aliphatic heterocycles. The first-order valence-corrected chi connectivity index (χ1v) is 11.1. The number of esters is 1. The lowest BCUT2D eigenvalue weighted by molar-refractivity contribution is -0.135. The van der Waals surface area contributed by atoms with Crippen LogP contribution in [-0.4, -0.2) is 24.8 Å². The SMILES string of the molecule is Cc1cc2c(c(=O)n1CCc1ccc(O)cc1)[C@@H](c1ccc3c(c1)n(C)c(=O)n3C)CC(=O)O2. The van der Waals surface area contributed by atoms with Crippen LogP contribution in [-0.2, 0) is 31.9 Å². The zero-order valence-corrected chi connectivity index (χ0v) is 19.2. The van der Waals surface area contributed by atoms with Gasteiger partial charge < -0.3 is 14.4 Å². The van der Waals surface area contributed by atoms with Crippen molar-refractivity contribution in [2.75, 3.05) is 0 Å². The van der Waals surface area contributed by atoms with Crippen molar-refractivity contribution in [3.05, 3.63) is 91.8 Å². The first-order chi connectivity index (χ1) is 16.2. The third kappa shape index (κ3) is 3.51. The minimum absolute atomic E-state index is 0.0511. The van der Waals surface area contributed by atoms with Crippen molar-refractivity contribution in [2.24, 2.45) is 14.1 Å². The van der Waals surface area contributed by atoms with Gasteiger partial charge in [0.1, 0.15) is 11.5 Å². The third-order valence-corrected chi connectivity index (χ3v) is 6.71. The van der Waals surface area contributed by atoms with Crippen LogP contribution >= 0.6 is 0 Å². The van der Waals surface area contributed by atoms with Crippen LogP contribution in [0.3, 0.4) is 0 Å². The highest BCUT2D eigenvalue weighted by Gasteiger charge is 2.33. The number of hydrogen-bond acceptors (Lipinski definition) is 5. The number of carbonyl (C=O) groups is 1. The smallest absolute Gasteiger partial charge is 0.328 e. The number of imidazole rings is 1. The van der Waals surface area contributed by atoms with E-state index in [9.17, 15) is 19.5 Å². The summed E-state index contributed by atoms with van der Waals surface area (Å²) in [5, 5.41) is 9.50. The Balaban J connectivity index is 1.59. The fourth-order valence-electron chi connectivity index (χ4n) is 4.80. The molecule has 5 rings (SSSR count). The van der Waals surface area contributed by atoms with Gasteiger partial charge in [-0.15, -0.1) is 0 Å². The summed E-state index contributed by atoms with van der Waals surface area (Å²) >= 11 is 0. The molecule has 0 saturated heterocycles. The van der Waals surface area contributed by atoms with Crippen molar-refractivity contribution in [2.45, 2.75) is 32.2 Å². The van der Waals surface area contributed by atoms with Gasteiger partial charge in [-0.1, -0.05) is 18.2 Å². The number of aryl methyl sites for hydroxylation is 4. The average molecular weight is 460 g/mol. The largest absolute Gasteiger partial charge is 0.508 e. The van der Waals surface area contributed by atoms with Crippen LogP contribution in [0.25, 0.3) is 11.0 Å².